The molecular weight excluding hydrogens is 973 g/mol. The highest BCUT2D eigenvalue weighted by molar-refractivity contribution is 5.76. The van der Waals surface area contributed by atoms with Crippen molar-refractivity contribution in [3.8, 4) is 96.7 Å². The molecule has 0 aliphatic heterocycles. The lowest BCUT2D eigenvalue weighted by molar-refractivity contribution is -0.118. The highest BCUT2D eigenvalue weighted by atomic mass is 16.3. The summed E-state index contributed by atoms with van der Waals surface area (Å²) in [7, 11) is 0. The molecule has 0 spiro atoms. The molecule has 0 aromatic rings. The van der Waals surface area contributed by atoms with Gasteiger partial charge in [-0.3, -0.25) is 0 Å². The van der Waals surface area contributed by atoms with Crippen molar-refractivity contribution in [1.29, 1.82) is 0 Å². The van der Waals surface area contributed by atoms with Crippen molar-refractivity contribution in [2.75, 3.05) is 0 Å². The van der Waals surface area contributed by atoms with Gasteiger partial charge in [0.1, 0.15) is 47.5 Å². The van der Waals surface area contributed by atoms with Crippen LogP contribution in [0.5, 0.6) is 0 Å². The molecular formula is C65H84O12. The van der Waals surface area contributed by atoms with Gasteiger partial charge in [0.05, 0.1) is 24.4 Å². The maximum absolute atomic E-state index is 10.7. The third kappa shape index (κ3) is 73.1. The van der Waals surface area contributed by atoms with Gasteiger partial charge in [0.25, 0.3) is 0 Å². The van der Waals surface area contributed by atoms with Gasteiger partial charge in [-0.25, -0.2) is 0 Å². The van der Waals surface area contributed by atoms with Crippen LogP contribution in [0.4, 0.5) is 0 Å². The Hall–Kier alpha value is -7.24. The predicted octanol–water partition coefficient (Wildman–Crippen LogP) is 7.06. The first-order chi connectivity index (χ1) is 36.2. The van der Waals surface area contributed by atoms with Crippen molar-refractivity contribution >= 4 is 23.1 Å². The van der Waals surface area contributed by atoms with E-state index in [0.29, 0.717) is 77.0 Å². The van der Waals surface area contributed by atoms with Crippen LogP contribution in [0, 0.1) is 96.7 Å². The van der Waals surface area contributed by atoms with E-state index in [1.165, 1.54) is 27.7 Å². The van der Waals surface area contributed by atoms with E-state index in [-0.39, 0.29) is 56.2 Å². The van der Waals surface area contributed by atoms with Gasteiger partial charge in [0.15, 0.2) is 0 Å². The van der Waals surface area contributed by atoms with Gasteiger partial charge < -0.3 is 60.0 Å². The average Bonchev–Trinajstić information content (AvgIpc) is 3.34. The SMILES string of the molecule is C.C#CC[C@@H](O)/C=C/C=C/C#C[C@H](O)CCCC(C)=O.C#CC[C@@H](O)/C=C/C=C/C#C[C@H](O)CCCC(C)=O.C#CC[C@H](O)/C=C/C=C/C#C[C@@H](O)CCCC(C)=O.C#CC[C@H](O)/C=C/C=C/C#C[C@@H](O)CCCC(C)=O. The predicted molar refractivity (Wildman–Crippen MR) is 311 cm³/mol. The smallest absolute Gasteiger partial charge is 0.129 e. The first-order valence-electron chi connectivity index (χ1n) is 24.8. The molecule has 0 fully saturated rings. The maximum Gasteiger partial charge on any atom is 0.129 e. The molecule has 12 nitrogen and oxygen atoms in total. The lowest BCUT2D eigenvalue weighted by Crippen LogP contribution is -2.03. The number of carbonyl (C=O) groups excluding carboxylic acids is 4. The van der Waals surface area contributed by atoms with Crippen molar-refractivity contribution < 1.29 is 60.0 Å². The normalized spacial score (nSPS) is 13.6. The summed E-state index contributed by atoms with van der Waals surface area (Å²) in [6.07, 6.45) is 48.2. The van der Waals surface area contributed by atoms with Gasteiger partial charge in [-0.05, 0) is 103 Å². The van der Waals surface area contributed by atoms with E-state index in [0.717, 1.165) is 0 Å². The van der Waals surface area contributed by atoms with Crippen molar-refractivity contribution in [3.63, 3.8) is 0 Å². The van der Waals surface area contributed by atoms with Crippen LogP contribution in [0.1, 0.15) is 138 Å². The van der Waals surface area contributed by atoms with Crippen LogP contribution in [0.15, 0.2) is 97.2 Å². The van der Waals surface area contributed by atoms with Gasteiger partial charge in [0, 0.05) is 51.4 Å². The van der Waals surface area contributed by atoms with Crippen LogP contribution >= 0.6 is 0 Å². The van der Waals surface area contributed by atoms with Crippen LogP contribution in [0.2, 0.25) is 0 Å². The Balaban J connectivity index is -0.000000298. The van der Waals surface area contributed by atoms with Crippen LogP contribution < -0.4 is 0 Å². The minimum absolute atomic E-state index is 0. The summed E-state index contributed by atoms with van der Waals surface area (Å²) >= 11 is 0. The zero-order chi connectivity index (χ0) is 58.0. The molecule has 8 atom stereocenters. The summed E-state index contributed by atoms with van der Waals surface area (Å²) in [4.78, 5) is 42.8. The highest BCUT2D eigenvalue weighted by Gasteiger charge is 2.03. The number of ketones is 4. The summed E-state index contributed by atoms with van der Waals surface area (Å²) in [5.41, 5.74) is 0. The molecule has 0 radical (unpaired) electrons. The van der Waals surface area contributed by atoms with E-state index >= 15 is 0 Å². The lowest BCUT2D eigenvalue weighted by atomic mass is 10.1. The number of allylic oxidation sites excluding steroid dienone is 12. The minimum atomic E-state index is -0.708. The molecule has 8 N–H and O–H groups in total. The molecule has 0 bridgehead atoms. The second-order valence-corrected chi connectivity index (χ2v) is 16.5. The molecule has 0 heterocycles. The summed E-state index contributed by atoms with van der Waals surface area (Å²) in [5.74, 6) is 31.2. The Morgan fingerprint density at radius 3 is 0.688 bits per heavy atom. The Labute approximate surface area is 462 Å². The second kappa shape index (κ2) is 59.6. The lowest BCUT2D eigenvalue weighted by Gasteiger charge is -2.00. The zero-order valence-electron chi connectivity index (χ0n) is 44.7. The number of aliphatic hydroxyl groups is 8. The Morgan fingerprint density at radius 2 is 0.532 bits per heavy atom. The Kier molecular flexibility index (Phi) is 60.9. The van der Waals surface area contributed by atoms with Crippen LogP contribution in [-0.2, 0) is 19.2 Å². The quantitative estimate of drug-likeness (QED) is 0.0291. The molecule has 0 aromatic carbocycles. The minimum Gasteiger partial charge on any atom is -0.388 e. The number of aliphatic hydroxyl groups excluding tert-OH is 8. The highest BCUT2D eigenvalue weighted by Crippen LogP contribution is 2.04. The molecule has 0 saturated carbocycles. The molecule has 0 unspecified atom stereocenters. The topological polar surface area (TPSA) is 230 Å². The van der Waals surface area contributed by atoms with E-state index in [1.807, 2.05) is 0 Å². The van der Waals surface area contributed by atoms with Gasteiger partial charge >= 0.3 is 0 Å². The van der Waals surface area contributed by atoms with Gasteiger partial charge in [-0.1, -0.05) is 128 Å². The third-order valence-electron chi connectivity index (χ3n) is 8.83. The fourth-order valence-electron chi connectivity index (χ4n) is 4.98. The van der Waals surface area contributed by atoms with E-state index in [2.05, 4.69) is 71.0 Å². The fourth-order valence-corrected chi connectivity index (χ4v) is 4.98. The van der Waals surface area contributed by atoms with Crippen LogP contribution in [-0.4, -0.2) is 113 Å². The second-order valence-electron chi connectivity index (χ2n) is 16.5. The molecule has 0 aromatic heterocycles. The maximum atomic E-state index is 10.7. The molecule has 0 amide bonds. The van der Waals surface area contributed by atoms with Gasteiger partial charge in [-0.15, -0.1) is 49.4 Å². The van der Waals surface area contributed by atoms with Crippen molar-refractivity contribution in [3.05, 3.63) is 97.2 Å². The average molecular weight is 1060 g/mol. The summed E-state index contributed by atoms with van der Waals surface area (Å²) in [6, 6.07) is 0. The number of rotatable bonds is 28. The molecule has 77 heavy (non-hydrogen) atoms. The molecule has 0 aliphatic rings. The number of hydrogen-bond acceptors (Lipinski definition) is 12. The monoisotopic (exact) mass is 1060 g/mol. The Bertz CT molecular complexity index is 1990. The molecule has 0 aliphatic carbocycles. The van der Waals surface area contributed by atoms with Crippen molar-refractivity contribution in [1.82, 2.24) is 0 Å². The molecule has 0 saturated heterocycles. The summed E-state index contributed by atoms with van der Waals surface area (Å²) in [6.45, 7) is 6.12. The van der Waals surface area contributed by atoms with E-state index in [9.17, 15) is 60.0 Å². The molecule has 416 valence electrons. The fraction of sp³-hybridized carbons (Fsp3) is 0.446. The Morgan fingerprint density at radius 1 is 0.351 bits per heavy atom. The van der Waals surface area contributed by atoms with Crippen LogP contribution in [0.25, 0.3) is 0 Å². The van der Waals surface area contributed by atoms with Gasteiger partial charge in [0.2, 0.25) is 0 Å². The number of Topliss-reactive ketones (excluding diaryl/α,β-unsaturated/α-hetero) is 4. The van der Waals surface area contributed by atoms with Crippen molar-refractivity contribution in [2.24, 2.45) is 0 Å². The van der Waals surface area contributed by atoms with E-state index in [4.69, 9.17) is 25.7 Å². The molecule has 0 rings (SSSR count). The summed E-state index contributed by atoms with van der Waals surface area (Å²) < 4.78 is 0. The standard InChI is InChI=1S/4C16H20O3.CH4/c4*1-3-9-15(18)11-6-4-5-7-12-16(19)13-8-10-14(2)17;/h4*1,4-6,11,15-16,18-19H,8-10,13H2,2H3;1H4/b4*5-4+,11-6+;/t4*15-,16+;/m1100./s1. The largest absolute Gasteiger partial charge is 0.388 e. The number of hydrogen-bond donors (Lipinski definition) is 8. The van der Waals surface area contributed by atoms with E-state index < -0.39 is 48.8 Å². The number of carbonyl (C=O) groups is 4. The zero-order valence-corrected chi connectivity index (χ0v) is 44.7. The van der Waals surface area contributed by atoms with Crippen molar-refractivity contribution in [2.45, 2.75) is 187 Å². The first kappa shape index (κ1) is 78.6. The molecule has 12 heteroatoms. The van der Waals surface area contributed by atoms with E-state index in [1.54, 1.807) is 97.2 Å². The first-order valence-corrected chi connectivity index (χ1v) is 24.8. The summed E-state index contributed by atoms with van der Waals surface area (Å²) in [5, 5.41) is 75.0. The third-order valence-corrected chi connectivity index (χ3v) is 8.83. The van der Waals surface area contributed by atoms with Gasteiger partial charge in [-0.2, -0.15) is 0 Å². The van der Waals surface area contributed by atoms with Crippen LogP contribution in [0.3, 0.4) is 0 Å². The number of terminal acetylenes is 4.